The Morgan fingerprint density at radius 1 is 1.22 bits per heavy atom. The predicted octanol–water partition coefficient (Wildman–Crippen LogP) is 4.62. The molecular formula is C18H20N2OS2. The van der Waals surface area contributed by atoms with E-state index in [1.165, 1.54) is 48.3 Å². The molecule has 0 atom stereocenters. The Morgan fingerprint density at radius 2 is 2.04 bits per heavy atom. The Labute approximate surface area is 145 Å². The van der Waals surface area contributed by atoms with Crippen molar-refractivity contribution >= 4 is 34.0 Å². The molecule has 1 aromatic carbocycles. The maximum Gasteiger partial charge on any atom is 0.204 e. The lowest BCUT2D eigenvalue weighted by atomic mass is 10.00. The number of rotatable bonds is 5. The second kappa shape index (κ2) is 6.65. The van der Waals surface area contributed by atoms with Crippen molar-refractivity contribution in [3.8, 4) is 0 Å². The van der Waals surface area contributed by atoms with E-state index >= 15 is 0 Å². The molecule has 23 heavy (non-hydrogen) atoms. The molecule has 120 valence electrons. The van der Waals surface area contributed by atoms with Crippen LogP contribution in [0.1, 0.15) is 47.3 Å². The number of carbonyl (C=O) groups is 1. The SMILES string of the molecule is O=C(c1cccc(SC2CCC2)c1)c1cnc(N2CCCC2)s1. The minimum Gasteiger partial charge on any atom is -0.348 e. The molecule has 0 spiro atoms. The Balaban J connectivity index is 1.50. The van der Waals surface area contributed by atoms with Crippen LogP contribution in [0.5, 0.6) is 0 Å². The van der Waals surface area contributed by atoms with Crippen LogP contribution in [-0.4, -0.2) is 29.1 Å². The minimum absolute atomic E-state index is 0.101. The summed E-state index contributed by atoms with van der Waals surface area (Å²) in [5, 5.41) is 1.73. The molecule has 0 N–H and O–H groups in total. The van der Waals surface area contributed by atoms with E-state index in [9.17, 15) is 4.79 Å². The summed E-state index contributed by atoms with van der Waals surface area (Å²) in [5.41, 5.74) is 0.783. The Bertz CT molecular complexity index is 703. The second-order valence-corrected chi connectivity index (χ2v) is 8.61. The van der Waals surface area contributed by atoms with Gasteiger partial charge in [0.1, 0.15) is 0 Å². The first-order valence-corrected chi connectivity index (χ1v) is 10.0. The molecule has 2 aliphatic rings. The van der Waals surface area contributed by atoms with Crippen LogP contribution in [0, 0.1) is 0 Å². The van der Waals surface area contributed by atoms with Crippen LogP contribution in [-0.2, 0) is 0 Å². The topological polar surface area (TPSA) is 33.2 Å². The Hall–Kier alpha value is -1.33. The van der Waals surface area contributed by atoms with E-state index in [1.807, 2.05) is 30.0 Å². The van der Waals surface area contributed by atoms with Crippen LogP contribution in [0.25, 0.3) is 0 Å². The molecular weight excluding hydrogens is 324 g/mol. The van der Waals surface area contributed by atoms with Crippen molar-refractivity contribution in [2.45, 2.75) is 42.2 Å². The molecule has 0 radical (unpaired) electrons. The van der Waals surface area contributed by atoms with Crippen LogP contribution in [0.4, 0.5) is 5.13 Å². The highest BCUT2D eigenvalue weighted by Crippen LogP contribution is 2.37. The van der Waals surface area contributed by atoms with E-state index in [2.05, 4.69) is 16.0 Å². The highest BCUT2D eigenvalue weighted by atomic mass is 32.2. The summed E-state index contributed by atoms with van der Waals surface area (Å²) in [5.74, 6) is 0.101. The van der Waals surface area contributed by atoms with Crippen LogP contribution >= 0.6 is 23.1 Å². The maximum atomic E-state index is 12.7. The Morgan fingerprint density at radius 3 is 2.78 bits per heavy atom. The lowest BCUT2D eigenvalue weighted by Gasteiger charge is -2.24. The van der Waals surface area contributed by atoms with Crippen molar-refractivity contribution in [3.05, 3.63) is 40.9 Å². The summed E-state index contributed by atoms with van der Waals surface area (Å²) >= 11 is 3.44. The molecule has 0 amide bonds. The Kier molecular flexibility index (Phi) is 4.40. The van der Waals surface area contributed by atoms with Gasteiger partial charge in [-0.05, 0) is 37.8 Å². The number of ketones is 1. The summed E-state index contributed by atoms with van der Waals surface area (Å²) in [6.07, 6.45) is 8.14. The number of aromatic nitrogens is 1. The number of thioether (sulfide) groups is 1. The highest BCUT2D eigenvalue weighted by Gasteiger charge is 2.21. The number of hydrogen-bond donors (Lipinski definition) is 0. The van der Waals surface area contributed by atoms with E-state index < -0.39 is 0 Å². The van der Waals surface area contributed by atoms with Gasteiger partial charge in [0, 0.05) is 28.8 Å². The van der Waals surface area contributed by atoms with Gasteiger partial charge < -0.3 is 4.90 Å². The summed E-state index contributed by atoms with van der Waals surface area (Å²) in [6.45, 7) is 2.13. The largest absolute Gasteiger partial charge is 0.348 e. The van der Waals surface area contributed by atoms with Gasteiger partial charge in [-0.1, -0.05) is 29.9 Å². The number of nitrogens with zero attached hydrogens (tertiary/aromatic N) is 2. The van der Waals surface area contributed by atoms with Crippen LogP contribution in [0.2, 0.25) is 0 Å². The van der Waals surface area contributed by atoms with E-state index in [1.54, 1.807) is 6.20 Å². The van der Waals surface area contributed by atoms with E-state index in [4.69, 9.17) is 0 Å². The van der Waals surface area contributed by atoms with Gasteiger partial charge in [-0.15, -0.1) is 11.8 Å². The third-order valence-electron chi connectivity index (χ3n) is 4.55. The normalized spacial score (nSPS) is 18.2. The van der Waals surface area contributed by atoms with Gasteiger partial charge in [-0.3, -0.25) is 4.79 Å². The number of benzene rings is 1. The molecule has 5 heteroatoms. The van der Waals surface area contributed by atoms with Crippen LogP contribution in [0.15, 0.2) is 35.4 Å². The average molecular weight is 345 g/mol. The molecule has 1 aromatic heterocycles. The molecule has 3 nitrogen and oxygen atoms in total. The maximum absolute atomic E-state index is 12.7. The molecule has 2 fully saturated rings. The molecule has 0 bridgehead atoms. The van der Waals surface area contributed by atoms with Crippen molar-refractivity contribution in [2.24, 2.45) is 0 Å². The van der Waals surface area contributed by atoms with E-state index in [-0.39, 0.29) is 5.78 Å². The van der Waals surface area contributed by atoms with Crippen LogP contribution in [0.3, 0.4) is 0 Å². The molecule has 1 aliphatic heterocycles. The lowest BCUT2D eigenvalue weighted by molar-refractivity contribution is 0.104. The number of anilines is 1. The zero-order chi connectivity index (χ0) is 15.6. The first-order valence-electron chi connectivity index (χ1n) is 8.32. The van der Waals surface area contributed by atoms with Crippen molar-refractivity contribution in [2.75, 3.05) is 18.0 Å². The predicted molar refractivity (Wildman–Crippen MR) is 96.9 cm³/mol. The summed E-state index contributed by atoms with van der Waals surface area (Å²) in [7, 11) is 0. The first kappa shape index (κ1) is 15.2. The zero-order valence-corrected chi connectivity index (χ0v) is 14.7. The van der Waals surface area contributed by atoms with Crippen LogP contribution < -0.4 is 4.90 Å². The van der Waals surface area contributed by atoms with Gasteiger partial charge in [0.2, 0.25) is 5.78 Å². The van der Waals surface area contributed by atoms with E-state index in [0.29, 0.717) is 0 Å². The van der Waals surface area contributed by atoms with Gasteiger partial charge in [0.15, 0.2) is 5.13 Å². The fourth-order valence-corrected chi connectivity index (χ4v) is 5.19. The molecule has 2 heterocycles. The zero-order valence-electron chi connectivity index (χ0n) is 13.0. The van der Waals surface area contributed by atoms with Gasteiger partial charge >= 0.3 is 0 Å². The number of carbonyl (C=O) groups excluding carboxylic acids is 1. The third-order valence-corrected chi connectivity index (χ3v) is 6.93. The molecule has 0 unspecified atom stereocenters. The summed E-state index contributed by atoms with van der Waals surface area (Å²) in [4.78, 5) is 21.4. The summed E-state index contributed by atoms with van der Waals surface area (Å²) in [6, 6.07) is 8.07. The highest BCUT2D eigenvalue weighted by molar-refractivity contribution is 8.00. The van der Waals surface area contributed by atoms with Crippen molar-refractivity contribution in [1.29, 1.82) is 0 Å². The number of hydrogen-bond acceptors (Lipinski definition) is 5. The smallest absolute Gasteiger partial charge is 0.204 e. The standard InChI is InChI=1S/C18H20N2OS2/c21-17(16-12-19-18(23-16)20-9-1-2-10-20)13-5-3-8-15(11-13)22-14-6-4-7-14/h3,5,8,11-12,14H,1-2,4,6-7,9-10H2. The van der Waals surface area contributed by atoms with Gasteiger partial charge in [0.25, 0.3) is 0 Å². The second-order valence-electron chi connectivity index (χ2n) is 6.23. The monoisotopic (exact) mass is 344 g/mol. The van der Waals surface area contributed by atoms with E-state index in [0.717, 1.165) is 33.9 Å². The van der Waals surface area contributed by atoms with Crippen molar-refractivity contribution in [1.82, 2.24) is 4.98 Å². The molecule has 1 saturated heterocycles. The quantitative estimate of drug-likeness (QED) is 0.741. The molecule has 1 aliphatic carbocycles. The third kappa shape index (κ3) is 3.31. The minimum atomic E-state index is 0.101. The van der Waals surface area contributed by atoms with Crippen molar-refractivity contribution in [3.63, 3.8) is 0 Å². The van der Waals surface area contributed by atoms with Gasteiger partial charge in [-0.2, -0.15) is 0 Å². The van der Waals surface area contributed by atoms with Crippen molar-refractivity contribution < 1.29 is 4.79 Å². The van der Waals surface area contributed by atoms with Gasteiger partial charge in [0.05, 0.1) is 11.1 Å². The fourth-order valence-electron chi connectivity index (χ4n) is 2.96. The lowest BCUT2D eigenvalue weighted by Crippen LogP contribution is -2.16. The first-order chi connectivity index (χ1) is 11.3. The molecule has 1 saturated carbocycles. The molecule has 4 rings (SSSR count). The summed E-state index contributed by atoms with van der Waals surface area (Å²) < 4.78 is 0. The average Bonchev–Trinajstić information content (AvgIpc) is 3.21. The van der Waals surface area contributed by atoms with Gasteiger partial charge in [-0.25, -0.2) is 4.98 Å². The molecule has 2 aromatic rings. The number of thiazole rings is 1. The fraction of sp³-hybridized carbons (Fsp3) is 0.444.